The molecule has 0 radical (unpaired) electrons. The Morgan fingerprint density at radius 1 is 1.37 bits per heavy atom. The van der Waals surface area contributed by atoms with Gasteiger partial charge in [-0.25, -0.2) is 0 Å². The number of carbonyl (C=O) groups is 2. The molecule has 6 heteroatoms. The summed E-state index contributed by atoms with van der Waals surface area (Å²) in [6, 6.07) is 5.01. The first kappa shape index (κ1) is 13.2. The molecular formula is C13H14NO5-. The fourth-order valence-corrected chi connectivity index (χ4v) is 2.11. The second kappa shape index (κ2) is 5.17. The van der Waals surface area contributed by atoms with Gasteiger partial charge in [0.05, 0.1) is 19.9 Å². The summed E-state index contributed by atoms with van der Waals surface area (Å²) in [7, 11) is 3.01. The van der Waals surface area contributed by atoms with Gasteiger partial charge in [0.15, 0.2) is 0 Å². The lowest BCUT2D eigenvalue weighted by atomic mass is 10.1. The smallest absolute Gasteiger partial charge is 0.227 e. The lowest BCUT2D eigenvalue weighted by molar-refractivity contribution is -0.310. The number of benzene rings is 1. The number of aliphatic carboxylic acids is 1. The van der Waals surface area contributed by atoms with Crippen molar-refractivity contribution in [3.8, 4) is 11.5 Å². The van der Waals surface area contributed by atoms with Crippen molar-refractivity contribution >= 4 is 17.6 Å². The molecule has 0 N–H and O–H groups in total. The van der Waals surface area contributed by atoms with Crippen molar-refractivity contribution in [3.63, 3.8) is 0 Å². The molecule has 0 saturated carbocycles. The van der Waals surface area contributed by atoms with E-state index in [1.54, 1.807) is 18.2 Å². The number of carboxylic acid groups (broad SMARTS) is 1. The summed E-state index contributed by atoms with van der Waals surface area (Å²) >= 11 is 0. The SMILES string of the molecule is COc1ccc(N2CC(C(=O)[O-])CC2=O)c(OC)c1. The number of hydrogen-bond donors (Lipinski definition) is 0. The topological polar surface area (TPSA) is 78.9 Å². The van der Waals surface area contributed by atoms with Crippen LogP contribution in [0.25, 0.3) is 0 Å². The van der Waals surface area contributed by atoms with E-state index in [9.17, 15) is 14.7 Å². The monoisotopic (exact) mass is 264 g/mol. The van der Waals surface area contributed by atoms with E-state index in [4.69, 9.17) is 9.47 Å². The molecule has 0 spiro atoms. The highest BCUT2D eigenvalue weighted by atomic mass is 16.5. The summed E-state index contributed by atoms with van der Waals surface area (Å²) in [4.78, 5) is 24.1. The van der Waals surface area contributed by atoms with E-state index in [2.05, 4.69) is 0 Å². The Balaban J connectivity index is 2.31. The van der Waals surface area contributed by atoms with Crippen LogP contribution in [0.4, 0.5) is 5.69 Å². The number of methoxy groups -OCH3 is 2. The highest BCUT2D eigenvalue weighted by Gasteiger charge is 2.32. The summed E-state index contributed by atoms with van der Waals surface area (Å²) in [5, 5.41) is 10.8. The molecule has 1 amide bonds. The largest absolute Gasteiger partial charge is 0.550 e. The Morgan fingerprint density at radius 3 is 2.63 bits per heavy atom. The number of amides is 1. The summed E-state index contributed by atoms with van der Waals surface area (Å²) in [6.45, 7) is 0.101. The minimum Gasteiger partial charge on any atom is -0.550 e. The molecular weight excluding hydrogens is 250 g/mol. The molecule has 1 saturated heterocycles. The van der Waals surface area contributed by atoms with Crippen LogP contribution in [-0.4, -0.2) is 32.6 Å². The van der Waals surface area contributed by atoms with Crippen molar-refractivity contribution in [1.82, 2.24) is 0 Å². The normalized spacial score (nSPS) is 18.5. The quantitative estimate of drug-likeness (QED) is 0.753. The molecule has 1 heterocycles. The standard InChI is InChI=1S/C13H15NO5/c1-18-9-3-4-10(11(6-9)19-2)14-7-8(13(16)17)5-12(14)15/h3-4,6,8H,5,7H2,1-2H3,(H,16,17)/p-1. The van der Waals surface area contributed by atoms with E-state index in [-0.39, 0.29) is 18.9 Å². The lowest BCUT2D eigenvalue weighted by Gasteiger charge is -2.20. The maximum Gasteiger partial charge on any atom is 0.227 e. The van der Waals surface area contributed by atoms with Crippen LogP contribution < -0.4 is 19.5 Å². The zero-order chi connectivity index (χ0) is 14.0. The Hall–Kier alpha value is -2.24. The number of anilines is 1. The van der Waals surface area contributed by atoms with Crippen molar-refractivity contribution in [1.29, 1.82) is 0 Å². The first-order chi connectivity index (χ1) is 9.06. The van der Waals surface area contributed by atoms with Gasteiger partial charge in [0.2, 0.25) is 5.91 Å². The number of carboxylic acids is 1. The van der Waals surface area contributed by atoms with Crippen LogP contribution in [0, 0.1) is 5.92 Å². The van der Waals surface area contributed by atoms with Gasteiger partial charge >= 0.3 is 0 Å². The molecule has 102 valence electrons. The fraction of sp³-hybridized carbons (Fsp3) is 0.385. The minimum absolute atomic E-state index is 0.0441. The van der Waals surface area contributed by atoms with Gasteiger partial charge in [0.1, 0.15) is 11.5 Å². The van der Waals surface area contributed by atoms with Crippen LogP contribution in [0.5, 0.6) is 11.5 Å². The van der Waals surface area contributed by atoms with Gasteiger partial charge in [-0.2, -0.15) is 0 Å². The van der Waals surface area contributed by atoms with Crippen LogP contribution in [-0.2, 0) is 9.59 Å². The third-order valence-electron chi connectivity index (χ3n) is 3.14. The third kappa shape index (κ3) is 2.47. The number of nitrogens with zero attached hydrogens (tertiary/aromatic N) is 1. The third-order valence-corrected chi connectivity index (χ3v) is 3.14. The average molecular weight is 264 g/mol. The van der Waals surface area contributed by atoms with Gasteiger partial charge in [0.25, 0.3) is 0 Å². The summed E-state index contributed by atoms with van der Waals surface area (Å²) < 4.78 is 10.3. The first-order valence-corrected chi connectivity index (χ1v) is 5.80. The van der Waals surface area contributed by atoms with E-state index < -0.39 is 11.9 Å². The molecule has 1 unspecified atom stereocenters. The second-order valence-corrected chi connectivity index (χ2v) is 4.26. The van der Waals surface area contributed by atoms with Crippen molar-refractivity contribution in [2.45, 2.75) is 6.42 Å². The van der Waals surface area contributed by atoms with Crippen molar-refractivity contribution in [2.24, 2.45) is 5.92 Å². The number of carbonyl (C=O) groups excluding carboxylic acids is 2. The predicted molar refractivity (Wildman–Crippen MR) is 65.0 cm³/mol. The van der Waals surface area contributed by atoms with E-state index in [0.717, 1.165) is 0 Å². The van der Waals surface area contributed by atoms with Gasteiger partial charge in [-0.15, -0.1) is 0 Å². The van der Waals surface area contributed by atoms with Gasteiger partial charge in [-0.3, -0.25) is 4.79 Å². The zero-order valence-corrected chi connectivity index (χ0v) is 10.7. The van der Waals surface area contributed by atoms with Crippen molar-refractivity contribution in [3.05, 3.63) is 18.2 Å². The second-order valence-electron chi connectivity index (χ2n) is 4.26. The molecule has 0 aliphatic carbocycles. The number of rotatable bonds is 4. The molecule has 19 heavy (non-hydrogen) atoms. The Bertz CT molecular complexity index is 514. The van der Waals surface area contributed by atoms with Crippen LogP contribution in [0.3, 0.4) is 0 Å². The Morgan fingerprint density at radius 2 is 2.11 bits per heavy atom. The lowest BCUT2D eigenvalue weighted by Crippen LogP contribution is -2.33. The summed E-state index contributed by atoms with van der Waals surface area (Å²) in [5.41, 5.74) is 0.539. The minimum atomic E-state index is -1.21. The Kier molecular flexibility index (Phi) is 3.59. The van der Waals surface area contributed by atoms with Crippen LogP contribution >= 0.6 is 0 Å². The maximum atomic E-state index is 11.9. The van der Waals surface area contributed by atoms with Crippen LogP contribution in [0.1, 0.15) is 6.42 Å². The molecule has 6 nitrogen and oxygen atoms in total. The first-order valence-electron chi connectivity index (χ1n) is 5.80. The van der Waals surface area contributed by atoms with Gasteiger partial charge in [0, 0.05) is 30.9 Å². The Labute approximate surface area is 110 Å². The molecule has 1 atom stereocenters. The number of ether oxygens (including phenoxy) is 2. The van der Waals surface area contributed by atoms with Gasteiger partial charge in [-0.05, 0) is 12.1 Å². The van der Waals surface area contributed by atoms with E-state index in [0.29, 0.717) is 17.2 Å². The molecule has 1 aromatic carbocycles. The van der Waals surface area contributed by atoms with Crippen LogP contribution in [0.15, 0.2) is 18.2 Å². The van der Waals surface area contributed by atoms with E-state index >= 15 is 0 Å². The highest BCUT2D eigenvalue weighted by Crippen LogP contribution is 2.35. The van der Waals surface area contributed by atoms with Crippen LogP contribution in [0.2, 0.25) is 0 Å². The fourth-order valence-electron chi connectivity index (χ4n) is 2.11. The maximum absolute atomic E-state index is 11.9. The van der Waals surface area contributed by atoms with Gasteiger partial charge < -0.3 is 24.3 Å². The van der Waals surface area contributed by atoms with Crippen molar-refractivity contribution < 1.29 is 24.2 Å². The molecule has 1 aliphatic heterocycles. The summed E-state index contributed by atoms with van der Waals surface area (Å²) in [5.74, 6) is -1.17. The molecule has 1 aliphatic rings. The molecule has 0 aromatic heterocycles. The van der Waals surface area contributed by atoms with Crippen molar-refractivity contribution in [2.75, 3.05) is 25.7 Å². The summed E-state index contributed by atoms with van der Waals surface area (Å²) in [6.07, 6.45) is -0.0441. The van der Waals surface area contributed by atoms with E-state index in [1.165, 1.54) is 19.1 Å². The molecule has 1 aromatic rings. The molecule has 2 rings (SSSR count). The average Bonchev–Trinajstić information content (AvgIpc) is 2.80. The number of hydrogen-bond acceptors (Lipinski definition) is 5. The van der Waals surface area contributed by atoms with Gasteiger partial charge in [-0.1, -0.05) is 0 Å². The molecule has 0 bridgehead atoms. The highest BCUT2D eigenvalue weighted by molar-refractivity contribution is 6.00. The molecule has 1 fully saturated rings. The van der Waals surface area contributed by atoms with E-state index in [1.807, 2.05) is 0 Å². The zero-order valence-electron chi connectivity index (χ0n) is 10.7. The predicted octanol–water partition coefficient (Wildman–Crippen LogP) is -0.193.